The second-order valence-corrected chi connectivity index (χ2v) is 8.03. The maximum Gasteiger partial charge on any atom is 0.159 e. The minimum atomic E-state index is 0.0726. The zero-order valence-corrected chi connectivity index (χ0v) is 16.1. The molecule has 0 radical (unpaired) electrons. The Morgan fingerprint density at radius 1 is 0.731 bits per heavy atom. The predicted octanol–water partition coefficient (Wildman–Crippen LogP) is 6.96. The number of aryl methyl sites for hydroxylation is 1. The fourth-order valence-corrected chi connectivity index (χ4v) is 3.74. The molecule has 4 aromatic rings. The molecule has 0 fully saturated rings. The van der Waals surface area contributed by atoms with Gasteiger partial charge in [0.15, 0.2) is 5.58 Å². The fourth-order valence-electron chi connectivity index (χ4n) is 3.74. The summed E-state index contributed by atoms with van der Waals surface area (Å²) < 4.78 is 6.34. The Morgan fingerprint density at radius 3 is 2.08 bits per heavy atom. The van der Waals surface area contributed by atoms with E-state index < -0.39 is 0 Å². The minimum Gasteiger partial charge on any atom is -0.454 e. The Balaban J connectivity index is 1.96. The molecule has 26 heavy (non-hydrogen) atoms. The van der Waals surface area contributed by atoms with Crippen LogP contribution in [0.3, 0.4) is 0 Å². The van der Waals surface area contributed by atoms with Crippen LogP contribution in [0.5, 0.6) is 0 Å². The maximum atomic E-state index is 6.34. The van der Waals surface area contributed by atoms with E-state index in [-0.39, 0.29) is 5.41 Å². The van der Waals surface area contributed by atoms with Crippen LogP contribution < -0.4 is 4.90 Å². The summed E-state index contributed by atoms with van der Waals surface area (Å²) in [4.78, 5) is 2.25. The highest BCUT2D eigenvalue weighted by molar-refractivity contribution is 6.10. The SMILES string of the molecule is Cc1cccc2c1oc1c(N(C)c3ccccc3C(C)(C)C)cccc12. The number of benzene rings is 3. The highest BCUT2D eigenvalue weighted by Gasteiger charge is 2.22. The Bertz CT molecular complexity index is 1100. The van der Waals surface area contributed by atoms with Gasteiger partial charge in [-0.3, -0.25) is 0 Å². The molecule has 4 rings (SSSR count). The molecule has 0 amide bonds. The Hall–Kier alpha value is -2.74. The van der Waals surface area contributed by atoms with Gasteiger partial charge in [-0.15, -0.1) is 0 Å². The summed E-state index contributed by atoms with van der Waals surface area (Å²) >= 11 is 0. The third-order valence-electron chi connectivity index (χ3n) is 5.14. The quantitative estimate of drug-likeness (QED) is 0.391. The lowest BCUT2D eigenvalue weighted by atomic mass is 9.85. The topological polar surface area (TPSA) is 16.4 Å². The first kappa shape index (κ1) is 16.7. The summed E-state index contributed by atoms with van der Waals surface area (Å²) in [7, 11) is 2.12. The molecule has 0 aliphatic heterocycles. The normalized spacial score (nSPS) is 12.0. The van der Waals surface area contributed by atoms with Crippen LogP contribution in [-0.2, 0) is 5.41 Å². The number of rotatable bonds is 2. The van der Waals surface area contributed by atoms with E-state index in [1.54, 1.807) is 0 Å². The molecule has 132 valence electrons. The highest BCUT2D eigenvalue weighted by atomic mass is 16.3. The summed E-state index contributed by atoms with van der Waals surface area (Å²) in [6.07, 6.45) is 0. The predicted molar refractivity (Wildman–Crippen MR) is 112 cm³/mol. The van der Waals surface area contributed by atoms with Crippen LogP contribution in [0.4, 0.5) is 11.4 Å². The number of para-hydroxylation sites is 3. The van der Waals surface area contributed by atoms with E-state index in [1.807, 2.05) is 0 Å². The molecule has 3 aromatic carbocycles. The highest BCUT2D eigenvalue weighted by Crippen LogP contribution is 2.40. The third-order valence-corrected chi connectivity index (χ3v) is 5.14. The van der Waals surface area contributed by atoms with Crippen LogP contribution in [0, 0.1) is 6.92 Å². The number of hydrogen-bond acceptors (Lipinski definition) is 2. The van der Waals surface area contributed by atoms with Crippen LogP contribution in [0.25, 0.3) is 21.9 Å². The van der Waals surface area contributed by atoms with Crippen molar-refractivity contribution in [2.75, 3.05) is 11.9 Å². The van der Waals surface area contributed by atoms with Crippen LogP contribution in [0.2, 0.25) is 0 Å². The molecular formula is C24H25NO. The monoisotopic (exact) mass is 343 g/mol. The van der Waals surface area contributed by atoms with E-state index >= 15 is 0 Å². The molecule has 1 aromatic heterocycles. The smallest absolute Gasteiger partial charge is 0.159 e. The van der Waals surface area contributed by atoms with Crippen LogP contribution >= 0.6 is 0 Å². The molecule has 0 aliphatic rings. The molecular weight excluding hydrogens is 318 g/mol. The molecule has 0 bridgehead atoms. The zero-order valence-electron chi connectivity index (χ0n) is 16.1. The second-order valence-electron chi connectivity index (χ2n) is 8.03. The first-order valence-electron chi connectivity index (χ1n) is 9.12. The minimum absolute atomic E-state index is 0.0726. The molecule has 2 heteroatoms. The van der Waals surface area contributed by atoms with Crippen LogP contribution in [-0.4, -0.2) is 7.05 Å². The summed E-state index contributed by atoms with van der Waals surface area (Å²) in [6, 6.07) is 21.4. The van der Waals surface area contributed by atoms with Crippen LogP contribution in [0.15, 0.2) is 65.1 Å². The molecule has 0 saturated heterocycles. The third kappa shape index (κ3) is 2.57. The van der Waals surface area contributed by atoms with E-state index in [0.29, 0.717) is 0 Å². The Kier molecular flexibility index (Phi) is 3.80. The standard InChI is InChI=1S/C24H25NO/c1-16-10-8-11-17-18-12-9-15-21(23(18)26-22(16)17)25(5)20-14-7-6-13-19(20)24(2,3)4/h6-15H,1-5H3. The van der Waals surface area contributed by atoms with Crippen molar-refractivity contribution in [3.8, 4) is 0 Å². The maximum absolute atomic E-state index is 6.34. The number of hydrogen-bond donors (Lipinski definition) is 0. The molecule has 1 heterocycles. The van der Waals surface area contributed by atoms with Crippen LogP contribution in [0.1, 0.15) is 31.9 Å². The van der Waals surface area contributed by atoms with Gasteiger partial charge in [0.1, 0.15) is 5.58 Å². The Morgan fingerprint density at radius 2 is 1.35 bits per heavy atom. The van der Waals surface area contributed by atoms with E-state index in [1.165, 1.54) is 27.6 Å². The molecule has 0 N–H and O–H groups in total. The first-order valence-corrected chi connectivity index (χ1v) is 9.12. The lowest BCUT2D eigenvalue weighted by Crippen LogP contribution is -2.19. The lowest BCUT2D eigenvalue weighted by Gasteiger charge is -2.29. The number of furan rings is 1. The van der Waals surface area contributed by atoms with Gasteiger partial charge in [-0.2, -0.15) is 0 Å². The van der Waals surface area contributed by atoms with Gasteiger partial charge in [0.25, 0.3) is 0 Å². The van der Waals surface area contributed by atoms with Crippen molar-refractivity contribution in [1.82, 2.24) is 0 Å². The molecule has 2 nitrogen and oxygen atoms in total. The first-order chi connectivity index (χ1) is 12.4. The van der Waals surface area contributed by atoms with Gasteiger partial charge in [0, 0.05) is 23.5 Å². The summed E-state index contributed by atoms with van der Waals surface area (Å²) in [5.74, 6) is 0. The van der Waals surface area contributed by atoms with Crippen molar-refractivity contribution in [2.45, 2.75) is 33.1 Å². The summed E-state index contributed by atoms with van der Waals surface area (Å²) in [6.45, 7) is 8.86. The van der Waals surface area contributed by atoms with Gasteiger partial charge in [-0.05, 0) is 35.6 Å². The Labute approximate surface area is 155 Å². The summed E-state index contributed by atoms with van der Waals surface area (Å²) in [5, 5.41) is 2.35. The number of anilines is 2. The van der Waals surface area contributed by atoms with Crippen molar-refractivity contribution in [3.63, 3.8) is 0 Å². The van der Waals surface area contributed by atoms with Gasteiger partial charge >= 0.3 is 0 Å². The van der Waals surface area contributed by atoms with E-state index in [2.05, 4.69) is 100 Å². The average molecular weight is 343 g/mol. The van der Waals surface area contributed by atoms with Crippen molar-refractivity contribution in [1.29, 1.82) is 0 Å². The van der Waals surface area contributed by atoms with Gasteiger partial charge in [0.05, 0.1) is 5.69 Å². The molecule has 0 spiro atoms. The van der Waals surface area contributed by atoms with E-state index in [4.69, 9.17) is 4.42 Å². The molecule has 0 atom stereocenters. The number of nitrogens with zero attached hydrogens (tertiary/aromatic N) is 1. The number of fused-ring (bicyclic) bond motifs is 3. The van der Waals surface area contributed by atoms with Crippen molar-refractivity contribution < 1.29 is 4.42 Å². The van der Waals surface area contributed by atoms with E-state index in [9.17, 15) is 0 Å². The second kappa shape index (κ2) is 5.91. The zero-order chi connectivity index (χ0) is 18.5. The lowest BCUT2D eigenvalue weighted by molar-refractivity contribution is 0.590. The molecule has 0 unspecified atom stereocenters. The van der Waals surface area contributed by atoms with Crippen molar-refractivity contribution in [2.24, 2.45) is 0 Å². The summed E-state index contributed by atoms with van der Waals surface area (Å²) in [5.41, 5.74) is 6.80. The van der Waals surface area contributed by atoms with Crippen molar-refractivity contribution >= 4 is 33.3 Å². The average Bonchev–Trinajstić information content (AvgIpc) is 3.01. The molecule has 0 saturated carbocycles. The van der Waals surface area contributed by atoms with Gasteiger partial charge in [-0.25, -0.2) is 0 Å². The van der Waals surface area contributed by atoms with Gasteiger partial charge < -0.3 is 9.32 Å². The van der Waals surface area contributed by atoms with E-state index in [0.717, 1.165) is 16.9 Å². The van der Waals surface area contributed by atoms with Crippen molar-refractivity contribution in [3.05, 3.63) is 71.8 Å². The fraction of sp³-hybridized carbons (Fsp3) is 0.250. The van der Waals surface area contributed by atoms with Gasteiger partial charge in [0.2, 0.25) is 0 Å². The largest absolute Gasteiger partial charge is 0.454 e. The van der Waals surface area contributed by atoms with Gasteiger partial charge in [-0.1, -0.05) is 69.3 Å². The molecule has 0 aliphatic carbocycles.